The van der Waals surface area contributed by atoms with E-state index >= 15 is 0 Å². The number of likely N-dealkylation sites (N-methyl/N-ethyl adjacent to an activating group) is 1. The van der Waals surface area contributed by atoms with Crippen LogP contribution in [0.1, 0.15) is 45.5 Å². The van der Waals surface area contributed by atoms with Crippen LogP contribution in [0.4, 0.5) is 5.69 Å². The van der Waals surface area contributed by atoms with Crippen molar-refractivity contribution in [2.24, 2.45) is 0 Å². The molecule has 1 heterocycles. The molecule has 0 fully saturated rings. The van der Waals surface area contributed by atoms with Gasteiger partial charge in [0.25, 0.3) is 5.91 Å². The van der Waals surface area contributed by atoms with Crippen LogP contribution in [-0.2, 0) is 10.2 Å². The third-order valence-electron chi connectivity index (χ3n) is 3.35. The molecule has 2 N–H and O–H groups in total. The van der Waals surface area contributed by atoms with Crippen LogP contribution >= 0.6 is 0 Å². The molecule has 7 heteroatoms. The molecule has 0 saturated heterocycles. The van der Waals surface area contributed by atoms with Crippen molar-refractivity contribution in [3.8, 4) is 5.75 Å². The number of nitrogens with one attached hydrogen (secondary N) is 2. The number of amides is 1. The van der Waals surface area contributed by atoms with Gasteiger partial charge in [0.2, 0.25) is 5.89 Å². The number of hydrogen-bond acceptors (Lipinski definition) is 6. The minimum absolute atomic E-state index is 0.0197. The van der Waals surface area contributed by atoms with Crippen molar-refractivity contribution < 1.29 is 14.1 Å². The molecule has 0 unspecified atom stereocenters. The second-order valence-electron chi connectivity index (χ2n) is 6.56. The molecule has 0 spiro atoms. The van der Waals surface area contributed by atoms with Crippen molar-refractivity contribution >= 4 is 11.6 Å². The van der Waals surface area contributed by atoms with E-state index in [0.717, 1.165) is 5.69 Å². The Kier molecular flexibility index (Phi) is 5.43. The van der Waals surface area contributed by atoms with Gasteiger partial charge in [0.05, 0.1) is 0 Å². The molecule has 0 bridgehead atoms. The SMILES string of the molecule is CNC(=O)COc1cccc(N[C@@H](C)c2nc(C(C)(C)C)no2)c1. The Balaban J connectivity index is 2.02. The van der Waals surface area contributed by atoms with E-state index in [0.29, 0.717) is 17.5 Å². The van der Waals surface area contributed by atoms with Gasteiger partial charge in [-0.25, -0.2) is 0 Å². The highest BCUT2D eigenvalue weighted by Gasteiger charge is 2.23. The summed E-state index contributed by atoms with van der Waals surface area (Å²) in [5.41, 5.74) is 0.683. The summed E-state index contributed by atoms with van der Waals surface area (Å²) in [4.78, 5) is 15.7. The minimum Gasteiger partial charge on any atom is -0.484 e. The number of hydrogen-bond donors (Lipinski definition) is 2. The molecule has 2 rings (SSSR count). The number of aromatic nitrogens is 2. The normalized spacial score (nSPS) is 12.5. The van der Waals surface area contributed by atoms with Gasteiger partial charge in [0, 0.05) is 24.2 Å². The fraction of sp³-hybridized carbons (Fsp3) is 0.471. The van der Waals surface area contributed by atoms with Gasteiger partial charge in [-0.3, -0.25) is 4.79 Å². The molecule has 0 aliphatic heterocycles. The molecular weight excluding hydrogens is 308 g/mol. The van der Waals surface area contributed by atoms with Crippen molar-refractivity contribution in [2.75, 3.05) is 19.0 Å². The third-order valence-corrected chi connectivity index (χ3v) is 3.35. The number of benzene rings is 1. The number of ether oxygens (including phenoxy) is 1. The van der Waals surface area contributed by atoms with Gasteiger partial charge in [-0.1, -0.05) is 32.0 Å². The van der Waals surface area contributed by atoms with Crippen LogP contribution in [0.15, 0.2) is 28.8 Å². The highest BCUT2D eigenvalue weighted by atomic mass is 16.5. The monoisotopic (exact) mass is 332 g/mol. The first-order chi connectivity index (χ1) is 11.3. The lowest BCUT2D eigenvalue weighted by atomic mass is 9.96. The Bertz CT molecular complexity index is 691. The van der Waals surface area contributed by atoms with Crippen LogP contribution in [0.5, 0.6) is 5.75 Å². The van der Waals surface area contributed by atoms with Crippen molar-refractivity contribution in [3.05, 3.63) is 36.0 Å². The molecule has 7 nitrogen and oxygen atoms in total. The summed E-state index contributed by atoms with van der Waals surface area (Å²) < 4.78 is 10.8. The molecule has 2 aromatic rings. The van der Waals surface area contributed by atoms with Crippen LogP contribution in [0, 0.1) is 0 Å². The van der Waals surface area contributed by atoms with Gasteiger partial charge < -0.3 is 19.9 Å². The fourth-order valence-corrected chi connectivity index (χ4v) is 1.92. The number of anilines is 1. The topological polar surface area (TPSA) is 89.3 Å². The first-order valence-corrected chi connectivity index (χ1v) is 7.83. The highest BCUT2D eigenvalue weighted by Crippen LogP contribution is 2.24. The Morgan fingerprint density at radius 3 is 2.75 bits per heavy atom. The summed E-state index contributed by atoms with van der Waals surface area (Å²) in [7, 11) is 1.57. The summed E-state index contributed by atoms with van der Waals surface area (Å²) in [5, 5.41) is 9.83. The van der Waals surface area contributed by atoms with E-state index in [9.17, 15) is 4.79 Å². The highest BCUT2D eigenvalue weighted by molar-refractivity contribution is 5.77. The van der Waals surface area contributed by atoms with Gasteiger partial charge in [-0.15, -0.1) is 0 Å². The second kappa shape index (κ2) is 7.33. The standard InChI is InChI=1S/C17H24N4O3/c1-11(15-20-16(21-24-15)17(2,3)4)19-12-7-6-8-13(9-12)23-10-14(22)18-5/h6-9,11,19H,10H2,1-5H3,(H,18,22)/t11-/m0/s1. The van der Waals surface area contributed by atoms with E-state index in [1.807, 2.05) is 45.9 Å². The lowest BCUT2D eigenvalue weighted by Gasteiger charge is -2.13. The number of nitrogens with zero attached hydrogens (tertiary/aromatic N) is 2. The van der Waals surface area contributed by atoms with Gasteiger partial charge in [0.1, 0.15) is 11.8 Å². The van der Waals surface area contributed by atoms with E-state index in [-0.39, 0.29) is 24.0 Å². The van der Waals surface area contributed by atoms with Crippen LogP contribution in [0.3, 0.4) is 0 Å². The van der Waals surface area contributed by atoms with Gasteiger partial charge in [0.15, 0.2) is 12.4 Å². The summed E-state index contributed by atoms with van der Waals surface area (Å²) in [5.74, 6) is 1.63. The van der Waals surface area contributed by atoms with Crippen LogP contribution in [-0.4, -0.2) is 29.7 Å². The van der Waals surface area contributed by atoms with E-state index in [1.165, 1.54) is 0 Å². The van der Waals surface area contributed by atoms with Crippen molar-refractivity contribution in [1.82, 2.24) is 15.5 Å². The van der Waals surface area contributed by atoms with Crippen LogP contribution in [0.25, 0.3) is 0 Å². The predicted octanol–water partition coefficient (Wildman–Crippen LogP) is 2.67. The Morgan fingerprint density at radius 1 is 1.38 bits per heavy atom. The zero-order valence-electron chi connectivity index (χ0n) is 14.7. The number of carbonyl (C=O) groups excluding carboxylic acids is 1. The summed E-state index contributed by atoms with van der Waals surface area (Å²) in [6, 6.07) is 7.22. The molecule has 0 aliphatic carbocycles. The lowest BCUT2D eigenvalue weighted by Crippen LogP contribution is -2.24. The van der Waals surface area contributed by atoms with E-state index in [1.54, 1.807) is 13.1 Å². The molecule has 1 aromatic carbocycles. The average molecular weight is 332 g/mol. The summed E-state index contributed by atoms with van der Waals surface area (Å²) >= 11 is 0. The molecule has 0 aliphatic rings. The van der Waals surface area contributed by atoms with E-state index in [2.05, 4.69) is 20.8 Å². The quantitative estimate of drug-likeness (QED) is 0.845. The molecular formula is C17H24N4O3. The number of rotatable bonds is 6. The summed E-state index contributed by atoms with van der Waals surface area (Å²) in [6.45, 7) is 8.03. The average Bonchev–Trinajstić information content (AvgIpc) is 3.03. The Hall–Kier alpha value is -2.57. The molecule has 1 aromatic heterocycles. The molecule has 0 radical (unpaired) electrons. The first-order valence-electron chi connectivity index (χ1n) is 7.83. The Labute approximate surface area is 141 Å². The van der Waals surface area contributed by atoms with Crippen molar-refractivity contribution in [1.29, 1.82) is 0 Å². The third kappa shape index (κ3) is 4.71. The lowest BCUT2D eigenvalue weighted by molar-refractivity contribution is -0.122. The van der Waals surface area contributed by atoms with Gasteiger partial charge >= 0.3 is 0 Å². The predicted molar refractivity (Wildman–Crippen MR) is 91.0 cm³/mol. The maximum atomic E-state index is 11.2. The maximum Gasteiger partial charge on any atom is 0.257 e. The minimum atomic E-state index is -0.178. The van der Waals surface area contributed by atoms with Gasteiger partial charge in [-0.05, 0) is 19.1 Å². The zero-order valence-corrected chi connectivity index (χ0v) is 14.7. The molecule has 1 atom stereocenters. The van der Waals surface area contributed by atoms with Crippen LogP contribution < -0.4 is 15.4 Å². The van der Waals surface area contributed by atoms with Gasteiger partial charge in [-0.2, -0.15) is 4.98 Å². The molecule has 1 amide bonds. The van der Waals surface area contributed by atoms with Crippen LogP contribution in [0.2, 0.25) is 0 Å². The smallest absolute Gasteiger partial charge is 0.257 e. The molecule has 24 heavy (non-hydrogen) atoms. The maximum absolute atomic E-state index is 11.2. The second-order valence-corrected chi connectivity index (χ2v) is 6.56. The zero-order chi connectivity index (χ0) is 17.7. The Morgan fingerprint density at radius 2 is 2.12 bits per heavy atom. The largest absolute Gasteiger partial charge is 0.484 e. The number of carbonyl (C=O) groups is 1. The van der Waals surface area contributed by atoms with Crippen molar-refractivity contribution in [3.63, 3.8) is 0 Å². The molecule has 130 valence electrons. The van der Waals surface area contributed by atoms with E-state index in [4.69, 9.17) is 9.26 Å². The summed E-state index contributed by atoms with van der Waals surface area (Å²) in [6.07, 6.45) is 0. The fourth-order valence-electron chi connectivity index (χ4n) is 1.92. The van der Waals surface area contributed by atoms with E-state index < -0.39 is 0 Å². The molecule has 0 saturated carbocycles. The van der Waals surface area contributed by atoms with Crippen molar-refractivity contribution in [2.45, 2.75) is 39.2 Å². The first kappa shape index (κ1) is 17.8.